The van der Waals surface area contributed by atoms with Crippen LogP contribution in [0.3, 0.4) is 0 Å². The molecule has 2 aromatic rings. The van der Waals surface area contributed by atoms with Gasteiger partial charge in [0.25, 0.3) is 0 Å². The van der Waals surface area contributed by atoms with Crippen molar-refractivity contribution in [3.05, 3.63) is 24.3 Å². The first kappa shape index (κ1) is 15.4. The first-order chi connectivity index (χ1) is 10.0. The SMILES string of the molecule is COc1cccc(-c2nnc(NC(=O)C(N)C(C)C)s2)c1. The highest BCUT2D eigenvalue weighted by Gasteiger charge is 2.19. The van der Waals surface area contributed by atoms with E-state index in [9.17, 15) is 4.79 Å². The van der Waals surface area contributed by atoms with Crippen LogP contribution in [0.2, 0.25) is 0 Å². The van der Waals surface area contributed by atoms with E-state index < -0.39 is 6.04 Å². The maximum absolute atomic E-state index is 11.9. The third kappa shape index (κ3) is 3.77. The molecule has 0 saturated carbocycles. The summed E-state index contributed by atoms with van der Waals surface area (Å²) in [5.74, 6) is 0.559. The van der Waals surface area contributed by atoms with Gasteiger partial charge in [-0.15, -0.1) is 10.2 Å². The van der Waals surface area contributed by atoms with E-state index in [1.165, 1.54) is 11.3 Å². The molecule has 0 aliphatic heterocycles. The Morgan fingerprint density at radius 1 is 1.38 bits per heavy atom. The number of ether oxygens (including phenoxy) is 1. The van der Waals surface area contributed by atoms with Crippen molar-refractivity contribution in [2.45, 2.75) is 19.9 Å². The summed E-state index contributed by atoms with van der Waals surface area (Å²) in [4.78, 5) is 11.9. The van der Waals surface area contributed by atoms with Crippen LogP contribution in [-0.4, -0.2) is 29.3 Å². The molecule has 0 aliphatic rings. The average molecular weight is 306 g/mol. The zero-order valence-electron chi connectivity index (χ0n) is 12.2. The first-order valence-electron chi connectivity index (χ1n) is 6.55. The molecule has 0 spiro atoms. The van der Waals surface area contributed by atoms with E-state index in [-0.39, 0.29) is 11.8 Å². The summed E-state index contributed by atoms with van der Waals surface area (Å²) in [5.41, 5.74) is 6.68. The molecule has 1 amide bonds. The van der Waals surface area contributed by atoms with Gasteiger partial charge in [0.15, 0.2) is 0 Å². The van der Waals surface area contributed by atoms with Crippen molar-refractivity contribution < 1.29 is 9.53 Å². The molecule has 0 fully saturated rings. The first-order valence-corrected chi connectivity index (χ1v) is 7.37. The molecular weight excluding hydrogens is 288 g/mol. The molecule has 6 nitrogen and oxygen atoms in total. The van der Waals surface area contributed by atoms with Crippen LogP contribution in [0.15, 0.2) is 24.3 Å². The number of benzene rings is 1. The lowest BCUT2D eigenvalue weighted by Crippen LogP contribution is -2.39. The number of hydrogen-bond donors (Lipinski definition) is 2. The Bertz CT molecular complexity index is 627. The predicted octanol–water partition coefficient (Wildman–Crippen LogP) is 2.14. The highest BCUT2D eigenvalue weighted by Crippen LogP contribution is 2.28. The van der Waals surface area contributed by atoms with Crippen LogP contribution in [0.1, 0.15) is 13.8 Å². The second kappa shape index (κ2) is 6.64. The molecular formula is C14H18N4O2S. The summed E-state index contributed by atoms with van der Waals surface area (Å²) >= 11 is 1.30. The zero-order valence-corrected chi connectivity index (χ0v) is 13.0. The lowest BCUT2D eigenvalue weighted by Gasteiger charge is -2.13. The number of amides is 1. The molecule has 21 heavy (non-hydrogen) atoms. The van der Waals surface area contributed by atoms with Gasteiger partial charge in [-0.1, -0.05) is 37.3 Å². The smallest absolute Gasteiger partial charge is 0.243 e. The van der Waals surface area contributed by atoms with Crippen LogP contribution in [0.5, 0.6) is 5.75 Å². The lowest BCUT2D eigenvalue weighted by molar-refractivity contribution is -0.118. The van der Waals surface area contributed by atoms with Crippen LogP contribution in [0.4, 0.5) is 5.13 Å². The summed E-state index contributed by atoms with van der Waals surface area (Å²) in [5, 5.41) is 11.9. The van der Waals surface area contributed by atoms with Gasteiger partial charge < -0.3 is 10.5 Å². The van der Waals surface area contributed by atoms with E-state index >= 15 is 0 Å². The number of hydrogen-bond acceptors (Lipinski definition) is 6. The minimum absolute atomic E-state index is 0.0655. The van der Waals surface area contributed by atoms with Crippen molar-refractivity contribution in [3.63, 3.8) is 0 Å². The quantitative estimate of drug-likeness (QED) is 0.883. The van der Waals surface area contributed by atoms with Gasteiger partial charge in [-0.2, -0.15) is 0 Å². The molecule has 0 radical (unpaired) electrons. The molecule has 3 N–H and O–H groups in total. The monoisotopic (exact) mass is 306 g/mol. The second-order valence-corrected chi connectivity index (χ2v) is 5.88. The number of rotatable bonds is 5. The molecule has 1 aromatic carbocycles. The lowest BCUT2D eigenvalue weighted by atomic mass is 10.1. The summed E-state index contributed by atoms with van der Waals surface area (Å²) < 4.78 is 5.18. The van der Waals surface area contributed by atoms with Crippen LogP contribution in [0, 0.1) is 5.92 Å². The van der Waals surface area contributed by atoms with E-state index in [1.54, 1.807) is 7.11 Å². The van der Waals surface area contributed by atoms with Crippen LogP contribution < -0.4 is 15.8 Å². The Balaban J connectivity index is 2.12. The topological polar surface area (TPSA) is 90.1 Å². The number of methoxy groups -OCH3 is 1. The highest BCUT2D eigenvalue weighted by atomic mass is 32.1. The number of aromatic nitrogens is 2. The Hall–Kier alpha value is -1.99. The van der Waals surface area contributed by atoms with Gasteiger partial charge in [0.1, 0.15) is 10.8 Å². The summed E-state index contributed by atoms with van der Waals surface area (Å²) in [6.45, 7) is 3.79. The molecule has 0 aliphatic carbocycles. The van der Waals surface area contributed by atoms with Crippen molar-refractivity contribution >= 4 is 22.4 Å². The Morgan fingerprint density at radius 3 is 2.81 bits per heavy atom. The van der Waals surface area contributed by atoms with Crippen LogP contribution >= 0.6 is 11.3 Å². The van der Waals surface area contributed by atoms with E-state index in [0.29, 0.717) is 10.1 Å². The van der Waals surface area contributed by atoms with E-state index in [4.69, 9.17) is 10.5 Å². The van der Waals surface area contributed by atoms with Gasteiger partial charge in [0.2, 0.25) is 11.0 Å². The minimum Gasteiger partial charge on any atom is -0.497 e. The van der Waals surface area contributed by atoms with Crippen molar-refractivity contribution in [1.82, 2.24) is 10.2 Å². The number of nitrogens with two attached hydrogens (primary N) is 1. The minimum atomic E-state index is -0.561. The molecule has 112 valence electrons. The van der Waals surface area contributed by atoms with Crippen LogP contribution in [-0.2, 0) is 4.79 Å². The third-order valence-corrected chi connectivity index (χ3v) is 3.88. The van der Waals surface area contributed by atoms with Crippen molar-refractivity contribution in [3.8, 4) is 16.3 Å². The van der Waals surface area contributed by atoms with E-state index in [1.807, 2.05) is 38.1 Å². The number of anilines is 1. The maximum atomic E-state index is 11.9. The predicted molar refractivity (Wildman–Crippen MR) is 83.3 cm³/mol. The summed E-state index contributed by atoms with van der Waals surface area (Å²) in [7, 11) is 1.61. The van der Waals surface area contributed by atoms with E-state index in [2.05, 4.69) is 15.5 Å². The van der Waals surface area contributed by atoms with Gasteiger partial charge >= 0.3 is 0 Å². The molecule has 1 unspecified atom stereocenters. The van der Waals surface area contributed by atoms with Crippen molar-refractivity contribution in [1.29, 1.82) is 0 Å². The van der Waals surface area contributed by atoms with Gasteiger partial charge in [-0.05, 0) is 18.1 Å². The normalized spacial score (nSPS) is 12.2. The molecule has 1 atom stereocenters. The Kier molecular flexibility index (Phi) is 4.87. The number of carbonyl (C=O) groups is 1. The number of nitrogens with one attached hydrogen (secondary N) is 1. The van der Waals surface area contributed by atoms with Crippen molar-refractivity contribution in [2.75, 3.05) is 12.4 Å². The summed E-state index contributed by atoms with van der Waals surface area (Å²) in [6, 6.07) is 6.95. The average Bonchev–Trinajstić information content (AvgIpc) is 2.94. The third-order valence-electron chi connectivity index (χ3n) is 2.99. The fraction of sp³-hybridized carbons (Fsp3) is 0.357. The number of carbonyl (C=O) groups excluding carboxylic acids is 1. The van der Waals surface area contributed by atoms with Crippen LogP contribution in [0.25, 0.3) is 10.6 Å². The fourth-order valence-corrected chi connectivity index (χ4v) is 2.38. The number of nitrogens with zero attached hydrogens (tertiary/aromatic N) is 2. The van der Waals surface area contributed by atoms with Crippen molar-refractivity contribution in [2.24, 2.45) is 11.7 Å². The standard InChI is InChI=1S/C14H18N4O2S/c1-8(2)11(15)12(19)16-14-18-17-13(21-14)9-5-4-6-10(7-9)20-3/h4-8,11H,15H2,1-3H3,(H,16,18,19). The largest absolute Gasteiger partial charge is 0.497 e. The zero-order chi connectivity index (χ0) is 15.4. The highest BCUT2D eigenvalue weighted by molar-refractivity contribution is 7.18. The van der Waals surface area contributed by atoms with Gasteiger partial charge in [-0.3, -0.25) is 10.1 Å². The Labute approximate surface area is 127 Å². The molecule has 0 saturated heterocycles. The molecule has 1 aromatic heterocycles. The fourth-order valence-electron chi connectivity index (χ4n) is 1.64. The van der Waals surface area contributed by atoms with E-state index in [0.717, 1.165) is 11.3 Å². The molecule has 7 heteroatoms. The molecule has 2 rings (SSSR count). The van der Waals surface area contributed by atoms with Gasteiger partial charge in [0.05, 0.1) is 13.2 Å². The molecule has 0 bridgehead atoms. The van der Waals surface area contributed by atoms with Gasteiger partial charge in [-0.25, -0.2) is 0 Å². The maximum Gasteiger partial charge on any atom is 0.243 e. The Morgan fingerprint density at radius 2 is 2.14 bits per heavy atom. The molecule has 1 heterocycles. The summed E-state index contributed by atoms with van der Waals surface area (Å²) in [6.07, 6.45) is 0. The van der Waals surface area contributed by atoms with Gasteiger partial charge in [0, 0.05) is 5.56 Å². The second-order valence-electron chi connectivity index (χ2n) is 4.90.